The molecule has 2 aliphatic rings. The van der Waals surface area contributed by atoms with Gasteiger partial charge in [0.15, 0.2) is 5.82 Å². The van der Waals surface area contributed by atoms with Crippen molar-refractivity contribution in [1.29, 1.82) is 0 Å². The fourth-order valence-corrected chi connectivity index (χ4v) is 3.42. The van der Waals surface area contributed by atoms with Gasteiger partial charge in [0.25, 0.3) is 0 Å². The molecule has 1 aromatic heterocycles. The highest BCUT2D eigenvalue weighted by Gasteiger charge is 2.31. The van der Waals surface area contributed by atoms with Crippen molar-refractivity contribution in [3.05, 3.63) is 35.9 Å². The number of rotatable bonds is 7. The molecule has 142 valence electrons. The maximum Gasteiger partial charge on any atom is 0.221 e. The largest absolute Gasteiger partial charge is 0.369 e. The molecule has 0 radical (unpaired) electrons. The lowest BCUT2D eigenvalue weighted by Gasteiger charge is -2.14. The van der Waals surface area contributed by atoms with Gasteiger partial charge in [0.05, 0.1) is 0 Å². The number of carbonyl (C=O) groups excluding carboxylic acids is 1. The number of aromatic nitrogens is 2. The van der Waals surface area contributed by atoms with Crippen LogP contribution in [0.2, 0.25) is 0 Å². The number of nitrogens with one attached hydrogen (secondary N) is 3. The number of hydrogen-bond donors (Lipinski definition) is 3. The lowest BCUT2D eigenvalue weighted by atomic mass is 9.99. The minimum atomic E-state index is 0.0999. The molecule has 3 N–H and O–H groups in total. The zero-order valence-electron chi connectivity index (χ0n) is 16.0. The van der Waals surface area contributed by atoms with Crippen LogP contribution in [0.25, 0.3) is 11.4 Å². The molecule has 1 saturated carbocycles. The van der Waals surface area contributed by atoms with Gasteiger partial charge < -0.3 is 16.0 Å². The number of anilines is 2. The van der Waals surface area contributed by atoms with Gasteiger partial charge in [0.2, 0.25) is 5.91 Å². The van der Waals surface area contributed by atoms with Crippen LogP contribution >= 0.6 is 0 Å². The van der Waals surface area contributed by atoms with Gasteiger partial charge in [-0.05, 0) is 25.7 Å². The third-order valence-corrected chi connectivity index (χ3v) is 5.48. The molecule has 1 aliphatic carbocycles. The van der Waals surface area contributed by atoms with E-state index in [4.69, 9.17) is 9.97 Å². The first kappa shape index (κ1) is 17.8. The average Bonchev–Trinajstić information content (AvgIpc) is 3.46. The van der Waals surface area contributed by atoms with Crippen molar-refractivity contribution in [3.63, 3.8) is 0 Å². The van der Waals surface area contributed by atoms with Crippen LogP contribution in [0.1, 0.15) is 44.6 Å². The standard InChI is InChI=1S/C21H27N5O/c1-13-14(2)24-21-18(13)20(22-11-10-17(27)23-12-15-8-9-15)25-19(26-21)16-6-4-3-5-7-16/h3-7,13-15H,8-12H2,1-2H3,(H,23,27)(H2,22,24,25,26). The maximum atomic E-state index is 12.0. The van der Waals surface area contributed by atoms with Crippen molar-refractivity contribution in [2.75, 3.05) is 23.7 Å². The molecule has 2 unspecified atom stereocenters. The Bertz CT molecular complexity index is 819. The van der Waals surface area contributed by atoms with Gasteiger partial charge in [-0.2, -0.15) is 0 Å². The van der Waals surface area contributed by atoms with Gasteiger partial charge in [-0.25, -0.2) is 9.97 Å². The molecule has 6 nitrogen and oxygen atoms in total. The summed E-state index contributed by atoms with van der Waals surface area (Å²) < 4.78 is 0. The Balaban J connectivity index is 1.49. The third-order valence-electron chi connectivity index (χ3n) is 5.48. The molecule has 2 aromatic rings. The molecule has 27 heavy (non-hydrogen) atoms. The van der Waals surface area contributed by atoms with Crippen LogP contribution in [0, 0.1) is 5.92 Å². The Morgan fingerprint density at radius 2 is 1.96 bits per heavy atom. The second-order valence-corrected chi connectivity index (χ2v) is 7.67. The highest BCUT2D eigenvalue weighted by Crippen LogP contribution is 2.39. The summed E-state index contributed by atoms with van der Waals surface area (Å²) in [6.07, 6.45) is 2.94. The Hall–Kier alpha value is -2.63. The van der Waals surface area contributed by atoms with Crippen molar-refractivity contribution in [2.24, 2.45) is 5.92 Å². The molecule has 1 aromatic carbocycles. The van der Waals surface area contributed by atoms with Gasteiger partial charge >= 0.3 is 0 Å². The van der Waals surface area contributed by atoms with Gasteiger partial charge in [-0.3, -0.25) is 4.79 Å². The highest BCUT2D eigenvalue weighted by molar-refractivity contribution is 5.77. The summed E-state index contributed by atoms with van der Waals surface area (Å²) in [7, 11) is 0. The molecule has 1 amide bonds. The second-order valence-electron chi connectivity index (χ2n) is 7.67. The molecule has 2 atom stereocenters. The molecule has 4 rings (SSSR count). The number of benzene rings is 1. The van der Waals surface area contributed by atoms with E-state index in [1.54, 1.807) is 0 Å². The van der Waals surface area contributed by atoms with Crippen molar-refractivity contribution < 1.29 is 4.79 Å². The van der Waals surface area contributed by atoms with Crippen LogP contribution in [-0.2, 0) is 4.79 Å². The first-order valence-corrected chi connectivity index (χ1v) is 9.86. The van der Waals surface area contributed by atoms with Crippen molar-refractivity contribution in [3.8, 4) is 11.4 Å². The van der Waals surface area contributed by atoms with Crippen LogP contribution in [-0.4, -0.2) is 35.0 Å². The number of nitrogens with zero attached hydrogens (tertiary/aromatic N) is 2. The lowest BCUT2D eigenvalue weighted by molar-refractivity contribution is -0.120. The van der Waals surface area contributed by atoms with E-state index < -0.39 is 0 Å². The lowest BCUT2D eigenvalue weighted by Crippen LogP contribution is -2.27. The number of hydrogen-bond acceptors (Lipinski definition) is 5. The quantitative estimate of drug-likeness (QED) is 0.701. The third kappa shape index (κ3) is 4.04. The first-order chi connectivity index (χ1) is 13.1. The van der Waals surface area contributed by atoms with Crippen molar-refractivity contribution >= 4 is 17.5 Å². The molecule has 1 aliphatic heterocycles. The van der Waals surface area contributed by atoms with E-state index in [2.05, 4.69) is 29.8 Å². The molecule has 2 heterocycles. The average molecular weight is 365 g/mol. The van der Waals surface area contributed by atoms with E-state index in [0.29, 0.717) is 36.7 Å². The predicted molar refractivity (Wildman–Crippen MR) is 108 cm³/mol. The Labute approximate surface area is 160 Å². The summed E-state index contributed by atoms with van der Waals surface area (Å²) >= 11 is 0. The summed E-state index contributed by atoms with van der Waals surface area (Å²) in [5.74, 6) is 3.54. The topological polar surface area (TPSA) is 78.9 Å². The van der Waals surface area contributed by atoms with Crippen LogP contribution < -0.4 is 16.0 Å². The van der Waals surface area contributed by atoms with E-state index in [9.17, 15) is 4.79 Å². The molecular weight excluding hydrogens is 338 g/mol. The maximum absolute atomic E-state index is 12.0. The number of amides is 1. The monoisotopic (exact) mass is 365 g/mol. The molecule has 6 heteroatoms. The van der Waals surface area contributed by atoms with Crippen LogP contribution in [0.5, 0.6) is 0 Å². The Morgan fingerprint density at radius 3 is 2.70 bits per heavy atom. The smallest absolute Gasteiger partial charge is 0.221 e. The first-order valence-electron chi connectivity index (χ1n) is 9.86. The van der Waals surface area contributed by atoms with E-state index in [1.165, 1.54) is 12.8 Å². The normalized spacial score (nSPS) is 20.7. The van der Waals surface area contributed by atoms with Crippen LogP contribution in [0.15, 0.2) is 30.3 Å². The van der Waals surface area contributed by atoms with E-state index in [0.717, 1.165) is 29.3 Å². The second kappa shape index (κ2) is 7.55. The number of carbonyl (C=O) groups is 1. The molecule has 0 bridgehead atoms. The zero-order valence-corrected chi connectivity index (χ0v) is 16.0. The van der Waals surface area contributed by atoms with Crippen molar-refractivity contribution in [2.45, 2.75) is 45.1 Å². The van der Waals surface area contributed by atoms with Gasteiger partial charge in [-0.1, -0.05) is 37.3 Å². The Kier molecular flexibility index (Phi) is 4.97. The summed E-state index contributed by atoms with van der Waals surface area (Å²) in [5.41, 5.74) is 2.10. The summed E-state index contributed by atoms with van der Waals surface area (Å²) in [6.45, 7) is 5.72. The summed E-state index contributed by atoms with van der Waals surface area (Å²) in [6, 6.07) is 10.3. The molecule has 1 fully saturated rings. The summed E-state index contributed by atoms with van der Waals surface area (Å²) in [4.78, 5) is 21.5. The van der Waals surface area contributed by atoms with Crippen LogP contribution in [0.4, 0.5) is 11.6 Å². The highest BCUT2D eigenvalue weighted by atomic mass is 16.1. The zero-order chi connectivity index (χ0) is 18.8. The molecular formula is C21H27N5O. The SMILES string of the molecule is CC1Nc2nc(-c3ccccc3)nc(NCCC(=O)NCC3CC3)c2C1C. The van der Waals surface area contributed by atoms with Crippen LogP contribution in [0.3, 0.4) is 0 Å². The fourth-order valence-electron chi connectivity index (χ4n) is 3.42. The van der Waals surface area contributed by atoms with Gasteiger partial charge in [0, 0.05) is 42.6 Å². The van der Waals surface area contributed by atoms with Gasteiger partial charge in [0.1, 0.15) is 11.6 Å². The summed E-state index contributed by atoms with van der Waals surface area (Å²) in [5, 5.41) is 9.87. The Morgan fingerprint density at radius 1 is 1.19 bits per heavy atom. The van der Waals surface area contributed by atoms with E-state index >= 15 is 0 Å². The van der Waals surface area contributed by atoms with E-state index in [-0.39, 0.29) is 5.91 Å². The van der Waals surface area contributed by atoms with Gasteiger partial charge in [-0.15, -0.1) is 0 Å². The number of fused-ring (bicyclic) bond motifs is 1. The molecule has 0 spiro atoms. The minimum Gasteiger partial charge on any atom is -0.369 e. The molecule has 0 saturated heterocycles. The predicted octanol–water partition coefficient (Wildman–Crippen LogP) is 3.39. The fraction of sp³-hybridized carbons (Fsp3) is 0.476. The minimum absolute atomic E-state index is 0.0999. The van der Waals surface area contributed by atoms with E-state index in [1.807, 2.05) is 30.3 Å². The van der Waals surface area contributed by atoms with Crippen molar-refractivity contribution in [1.82, 2.24) is 15.3 Å².